The van der Waals surface area contributed by atoms with E-state index in [0.29, 0.717) is 45.1 Å². The third-order valence-electron chi connectivity index (χ3n) is 8.01. The highest BCUT2D eigenvalue weighted by atomic mass is 31.2. The van der Waals surface area contributed by atoms with E-state index in [9.17, 15) is 33.8 Å². The molecule has 3 rings (SSSR count). The first-order valence-corrected chi connectivity index (χ1v) is 15.8. The zero-order valence-electron chi connectivity index (χ0n) is 23.0. The molecule has 0 aromatic heterocycles. The fourth-order valence-corrected chi connectivity index (χ4v) is 6.49. The molecule has 2 saturated heterocycles. The number of carbonyl (C=O) groups excluding carboxylic acids is 3. The number of benzene rings is 1. The van der Waals surface area contributed by atoms with Gasteiger partial charge >= 0.3 is 7.60 Å². The van der Waals surface area contributed by atoms with Gasteiger partial charge in [-0.3, -0.25) is 18.9 Å². The Bertz CT molecular complexity index is 1030. The first-order valence-electron chi connectivity index (χ1n) is 14.1. The van der Waals surface area contributed by atoms with Crippen molar-refractivity contribution in [3.63, 3.8) is 0 Å². The third-order valence-corrected chi connectivity index (χ3v) is 9.06. The lowest BCUT2D eigenvalue weighted by molar-refractivity contribution is -0.133. The van der Waals surface area contributed by atoms with Gasteiger partial charge < -0.3 is 30.8 Å². The van der Waals surface area contributed by atoms with Crippen molar-refractivity contribution in [3.05, 3.63) is 35.9 Å². The SMILES string of the molecule is CC(C)C[C@@H]1NC(=O)C(Cc2ccccc2)CCCCCCC2(CCNC2=O)C[C@@H](C(O)P(=O)(O)O)NC1=O. The zero-order valence-corrected chi connectivity index (χ0v) is 23.9. The molecule has 0 saturated carbocycles. The fourth-order valence-electron chi connectivity index (χ4n) is 5.85. The molecular weight excluding hydrogens is 521 g/mol. The van der Waals surface area contributed by atoms with E-state index in [4.69, 9.17) is 0 Å². The van der Waals surface area contributed by atoms with Gasteiger partial charge in [-0.1, -0.05) is 69.9 Å². The molecule has 1 aromatic rings. The average molecular weight is 566 g/mol. The molecule has 1 spiro atoms. The maximum absolute atomic E-state index is 13.5. The normalized spacial score (nSPS) is 28.8. The lowest BCUT2D eigenvalue weighted by atomic mass is 9.75. The molecule has 3 amide bonds. The van der Waals surface area contributed by atoms with Crippen LogP contribution in [0.4, 0.5) is 0 Å². The molecule has 2 aliphatic heterocycles. The first kappa shape index (κ1) is 31.3. The summed E-state index contributed by atoms with van der Waals surface area (Å²) in [6.07, 6.45) is 5.58. The first-order chi connectivity index (χ1) is 18.4. The Morgan fingerprint density at radius 3 is 2.28 bits per heavy atom. The number of hydrogen-bond acceptors (Lipinski definition) is 5. The van der Waals surface area contributed by atoms with Gasteiger partial charge in [-0.2, -0.15) is 0 Å². The number of carbonyl (C=O) groups is 3. The Labute approximate surface area is 230 Å². The quantitative estimate of drug-likeness (QED) is 0.289. The maximum Gasteiger partial charge on any atom is 0.355 e. The van der Waals surface area contributed by atoms with Gasteiger partial charge in [0.25, 0.3) is 0 Å². The molecule has 2 heterocycles. The van der Waals surface area contributed by atoms with Crippen molar-refractivity contribution in [1.29, 1.82) is 0 Å². The summed E-state index contributed by atoms with van der Waals surface area (Å²) in [6.45, 7) is 4.26. The lowest BCUT2D eigenvalue weighted by Crippen LogP contribution is -2.55. The van der Waals surface area contributed by atoms with Gasteiger partial charge in [0.15, 0.2) is 5.85 Å². The van der Waals surface area contributed by atoms with Crippen LogP contribution in [-0.4, -0.2) is 57.1 Å². The van der Waals surface area contributed by atoms with Crippen LogP contribution < -0.4 is 16.0 Å². The highest BCUT2D eigenvalue weighted by Crippen LogP contribution is 2.46. The van der Waals surface area contributed by atoms with Gasteiger partial charge in [0.2, 0.25) is 17.7 Å². The molecule has 0 bridgehead atoms. The highest BCUT2D eigenvalue weighted by molar-refractivity contribution is 7.52. The Kier molecular flexibility index (Phi) is 11.1. The predicted molar refractivity (Wildman–Crippen MR) is 147 cm³/mol. The number of rotatable bonds is 6. The van der Waals surface area contributed by atoms with Crippen molar-refractivity contribution in [3.8, 4) is 0 Å². The molecule has 218 valence electrons. The molecule has 0 radical (unpaired) electrons. The molecule has 6 N–H and O–H groups in total. The van der Waals surface area contributed by atoms with Crippen LogP contribution in [0.25, 0.3) is 0 Å². The summed E-state index contributed by atoms with van der Waals surface area (Å²) in [5.41, 5.74) is 0.0837. The van der Waals surface area contributed by atoms with Crippen molar-refractivity contribution >= 4 is 25.3 Å². The van der Waals surface area contributed by atoms with Crippen LogP contribution in [0.15, 0.2) is 30.3 Å². The number of aliphatic hydroxyl groups excluding tert-OH is 1. The minimum atomic E-state index is -5.02. The summed E-state index contributed by atoms with van der Waals surface area (Å²) in [7, 11) is -5.02. The standard InChI is InChI=1S/C28H44N3O7P/c1-19(2)16-22-25(33)31-23(26(34)39(36,37)38)18-28(14-15-29-27(28)35)13-9-4-3-8-12-21(24(32)30-22)17-20-10-6-5-7-11-20/h5-7,10-11,19,21-23,26,34H,3-4,8-9,12-18H2,1-2H3,(H,29,35)(H,30,32)(H,31,33)(H2,36,37,38)/t21?,22-,23-,26?,28?/m0/s1. The van der Waals surface area contributed by atoms with Crippen molar-refractivity contribution in [2.45, 2.75) is 96.0 Å². The molecule has 5 atom stereocenters. The number of amides is 3. The molecule has 3 unspecified atom stereocenters. The minimum absolute atomic E-state index is 0.0350. The Morgan fingerprint density at radius 2 is 1.67 bits per heavy atom. The van der Waals surface area contributed by atoms with Crippen molar-refractivity contribution < 1.29 is 33.8 Å². The highest BCUT2D eigenvalue weighted by Gasteiger charge is 2.48. The molecule has 39 heavy (non-hydrogen) atoms. The Balaban J connectivity index is 1.93. The second kappa shape index (κ2) is 13.9. The summed E-state index contributed by atoms with van der Waals surface area (Å²) >= 11 is 0. The minimum Gasteiger partial charge on any atom is -0.379 e. The van der Waals surface area contributed by atoms with E-state index in [-0.39, 0.29) is 30.1 Å². The van der Waals surface area contributed by atoms with E-state index in [1.165, 1.54) is 0 Å². The Hall–Kier alpha value is -2.26. The average Bonchev–Trinajstić information content (AvgIpc) is 3.22. The molecule has 2 fully saturated rings. The van der Waals surface area contributed by atoms with E-state index in [2.05, 4.69) is 16.0 Å². The van der Waals surface area contributed by atoms with Crippen molar-refractivity contribution in [2.75, 3.05) is 6.54 Å². The van der Waals surface area contributed by atoms with E-state index in [1.807, 2.05) is 44.2 Å². The third kappa shape index (κ3) is 8.87. The van der Waals surface area contributed by atoms with Crippen LogP contribution in [0.1, 0.15) is 77.2 Å². The lowest BCUT2D eigenvalue weighted by Gasteiger charge is -2.34. The summed E-state index contributed by atoms with van der Waals surface area (Å²) in [5.74, 6) is -3.58. The van der Waals surface area contributed by atoms with Gasteiger partial charge in [-0.25, -0.2) is 0 Å². The summed E-state index contributed by atoms with van der Waals surface area (Å²) in [4.78, 5) is 59.6. The largest absolute Gasteiger partial charge is 0.379 e. The van der Waals surface area contributed by atoms with E-state index in [1.54, 1.807) is 0 Å². The van der Waals surface area contributed by atoms with E-state index in [0.717, 1.165) is 24.8 Å². The molecule has 10 nitrogen and oxygen atoms in total. The van der Waals surface area contributed by atoms with Gasteiger partial charge in [0.1, 0.15) is 6.04 Å². The van der Waals surface area contributed by atoms with Crippen molar-refractivity contribution in [2.24, 2.45) is 17.3 Å². The Morgan fingerprint density at radius 1 is 0.974 bits per heavy atom. The summed E-state index contributed by atoms with van der Waals surface area (Å²) < 4.78 is 12.1. The van der Waals surface area contributed by atoms with Crippen LogP contribution in [0.5, 0.6) is 0 Å². The van der Waals surface area contributed by atoms with Gasteiger partial charge in [-0.15, -0.1) is 0 Å². The molecule has 0 aliphatic carbocycles. The van der Waals surface area contributed by atoms with Crippen LogP contribution in [0, 0.1) is 17.3 Å². The molecule has 1 aromatic carbocycles. The van der Waals surface area contributed by atoms with Crippen LogP contribution in [0.2, 0.25) is 0 Å². The van der Waals surface area contributed by atoms with Gasteiger partial charge in [-0.05, 0) is 50.0 Å². The van der Waals surface area contributed by atoms with Crippen molar-refractivity contribution in [1.82, 2.24) is 16.0 Å². The van der Waals surface area contributed by atoms with Crippen LogP contribution in [0.3, 0.4) is 0 Å². The predicted octanol–water partition coefficient (Wildman–Crippen LogP) is 2.61. The second-order valence-corrected chi connectivity index (χ2v) is 13.3. The second-order valence-electron chi connectivity index (χ2n) is 11.6. The van der Waals surface area contributed by atoms with E-state index >= 15 is 0 Å². The zero-order chi connectivity index (χ0) is 28.6. The number of nitrogens with one attached hydrogen (secondary N) is 3. The molecule has 11 heteroatoms. The monoisotopic (exact) mass is 565 g/mol. The molecular formula is C28H44N3O7P. The van der Waals surface area contributed by atoms with Crippen LogP contribution in [-0.2, 0) is 25.4 Å². The number of aliphatic hydroxyl groups is 1. The van der Waals surface area contributed by atoms with E-state index < -0.39 is 36.8 Å². The van der Waals surface area contributed by atoms with Gasteiger partial charge in [0.05, 0.1) is 11.5 Å². The smallest absolute Gasteiger partial charge is 0.355 e. The topological polar surface area (TPSA) is 165 Å². The van der Waals surface area contributed by atoms with Crippen LogP contribution >= 0.6 is 7.60 Å². The number of hydrogen-bond donors (Lipinski definition) is 6. The maximum atomic E-state index is 13.5. The summed E-state index contributed by atoms with van der Waals surface area (Å²) in [5, 5.41) is 19.0. The van der Waals surface area contributed by atoms with Gasteiger partial charge in [0, 0.05) is 12.5 Å². The molecule has 2 aliphatic rings. The summed E-state index contributed by atoms with van der Waals surface area (Å²) in [6, 6.07) is 7.40. The fraction of sp³-hybridized carbons (Fsp3) is 0.679.